The molecule has 3 rings (SSSR count). The number of nitro groups is 1. The van der Waals surface area contributed by atoms with E-state index in [9.17, 15) is 14.9 Å². The van der Waals surface area contributed by atoms with Gasteiger partial charge in [-0.05, 0) is 45.7 Å². The van der Waals surface area contributed by atoms with Crippen LogP contribution in [0.1, 0.15) is 44.2 Å². The molecule has 1 unspecified atom stereocenters. The third-order valence-electron chi connectivity index (χ3n) is 4.96. The molecule has 0 aromatic heterocycles. The van der Waals surface area contributed by atoms with Gasteiger partial charge in [-0.15, -0.1) is 0 Å². The topological polar surface area (TPSA) is 75.5 Å². The van der Waals surface area contributed by atoms with Crippen molar-refractivity contribution in [3.63, 3.8) is 0 Å². The standard InChI is InChI=1S/C17H23N3O3/c1-12(15-4-2-3-5-16(15)20(22)23)19-10-8-13(9-11-19)17(21)18-14-6-7-14/h2-5,12-14H,6-11H2,1H3,(H,18,21). The van der Waals surface area contributed by atoms with E-state index in [1.807, 2.05) is 19.1 Å². The summed E-state index contributed by atoms with van der Waals surface area (Å²) in [7, 11) is 0. The Bertz CT molecular complexity index is 593. The first kappa shape index (κ1) is 15.9. The second-order valence-corrected chi connectivity index (χ2v) is 6.59. The third kappa shape index (κ3) is 3.69. The van der Waals surface area contributed by atoms with E-state index in [0.29, 0.717) is 6.04 Å². The maximum Gasteiger partial charge on any atom is 0.274 e. The van der Waals surface area contributed by atoms with E-state index in [0.717, 1.165) is 44.3 Å². The maximum atomic E-state index is 12.1. The van der Waals surface area contributed by atoms with Gasteiger partial charge in [-0.25, -0.2) is 0 Å². The second kappa shape index (κ2) is 6.66. The number of para-hydroxylation sites is 1. The van der Waals surface area contributed by atoms with Crippen molar-refractivity contribution < 1.29 is 9.72 Å². The Kier molecular flexibility index (Phi) is 4.61. The minimum atomic E-state index is -0.318. The first-order valence-electron chi connectivity index (χ1n) is 8.34. The molecule has 2 aliphatic rings. The van der Waals surface area contributed by atoms with Gasteiger partial charge in [0.15, 0.2) is 0 Å². The SMILES string of the molecule is CC(c1ccccc1[N+](=O)[O-])N1CCC(C(=O)NC2CC2)CC1. The van der Waals surface area contributed by atoms with Crippen molar-refractivity contribution in [2.24, 2.45) is 5.92 Å². The van der Waals surface area contributed by atoms with E-state index in [4.69, 9.17) is 0 Å². The van der Waals surface area contributed by atoms with Crippen molar-refractivity contribution in [3.05, 3.63) is 39.9 Å². The number of benzene rings is 1. The molecule has 1 saturated heterocycles. The summed E-state index contributed by atoms with van der Waals surface area (Å²) >= 11 is 0. The van der Waals surface area contributed by atoms with E-state index >= 15 is 0 Å². The van der Waals surface area contributed by atoms with E-state index < -0.39 is 0 Å². The molecule has 0 spiro atoms. The molecule has 1 N–H and O–H groups in total. The third-order valence-corrected chi connectivity index (χ3v) is 4.96. The molecular formula is C17H23N3O3. The quantitative estimate of drug-likeness (QED) is 0.669. The lowest BCUT2D eigenvalue weighted by Gasteiger charge is -2.35. The highest BCUT2D eigenvalue weighted by atomic mass is 16.6. The number of likely N-dealkylation sites (tertiary alicyclic amines) is 1. The predicted octanol–water partition coefficient (Wildman–Crippen LogP) is 2.65. The number of hydrogen-bond donors (Lipinski definition) is 1. The van der Waals surface area contributed by atoms with Crippen LogP contribution >= 0.6 is 0 Å². The van der Waals surface area contributed by atoms with E-state index in [1.54, 1.807) is 12.1 Å². The van der Waals surface area contributed by atoms with Crippen LogP contribution in [0.4, 0.5) is 5.69 Å². The van der Waals surface area contributed by atoms with Crippen LogP contribution in [-0.4, -0.2) is 34.9 Å². The molecule has 6 nitrogen and oxygen atoms in total. The molecule has 1 saturated carbocycles. The second-order valence-electron chi connectivity index (χ2n) is 6.59. The highest BCUT2D eigenvalue weighted by molar-refractivity contribution is 5.79. The number of nitrogens with one attached hydrogen (secondary N) is 1. The molecule has 23 heavy (non-hydrogen) atoms. The van der Waals surface area contributed by atoms with Crippen molar-refractivity contribution in [2.45, 2.75) is 44.7 Å². The zero-order valence-electron chi connectivity index (χ0n) is 13.4. The highest BCUT2D eigenvalue weighted by Gasteiger charge is 2.32. The van der Waals surface area contributed by atoms with Crippen LogP contribution in [0.2, 0.25) is 0 Å². The molecule has 0 bridgehead atoms. The average Bonchev–Trinajstić information content (AvgIpc) is 3.38. The van der Waals surface area contributed by atoms with Crippen LogP contribution in [0.15, 0.2) is 24.3 Å². The van der Waals surface area contributed by atoms with Gasteiger partial charge < -0.3 is 5.32 Å². The van der Waals surface area contributed by atoms with Crippen LogP contribution in [0.5, 0.6) is 0 Å². The average molecular weight is 317 g/mol. The van der Waals surface area contributed by atoms with Gasteiger partial charge in [-0.1, -0.05) is 18.2 Å². The molecule has 6 heteroatoms. The monoisotopic (exact) mass is 317 g/mol. The van der Waals surface area contributed by atoms with Gasteiger partial charge >= 0.3 is 0 Å². The smallest absolute Gasteiger partial charge is 0.274 e. The Morgan fingerprint density at radius 1 is 1.26 bits per heavy atom. The lowest BCUT2D eigenvalue weighted by atomic mass is 9.93. The number of carbonyl (C=O) groups is 1. The lowest BCUT2D eigenvalue weighted by molar-refractivity contribution is -0.386. The molecule has 1 amide bonds. The summed E-state index contributed by atoms with van der Waals surface area (Å²) in [4.78, 5) is 25.2. The van der Waals surface area contributed by atoms with Crippen molar-refractivity contribution in [1.82, 2.24) is 10.2 Å². The summed E-state index contributed by atoms with van der Waals surface area (Å²) in [6.45, 7) is 3.61. The van der Waals surface area contributed by atoms with Gasteiger partial charge in [0, 0.05) is 29.6 Å². The van der Waals surface area contributed by atoms with Crippen LogP contribution in [0, 0.1) is 16.0 Å². The van der Waals surface area contributed by atoms with Crippen molar-refractivity contribution in [3.8, 4) is 0 Å². The zero-order chi connectivity index (χ0) is 16.4. The number of piperidine rings is 1. The normalized spacial score (nSPS) is 20.9. The first-order chi connectivity index (χ1) is 11.1. The molecule has 1 aliphatic heterocycles. The van der Waals surface area contributed by atoms with Crippen LogP contribution in [0.25, 0.3) is 0 Å². The molecule has 1 atom stereocenters. The number of nitro benzene ring substituents is 1. The molecule has 124 valence electrons. The number of rotatable bonds is 5. The van der Waals surface area contributed by atoms with Crippen molar-refractivity contribution in [2.75, 3.05) is 13.1 Å². The van der Waals surface area contributed by atoms with Gasteiger partial charge in [-0.2, -0.15) is 0 Å². The molecule has 1 heterocycles. The Morgan fingerprint density at radius 3 is 2.52 bits per heavy atom. The molecule has 2 fully saturated rings. The fourth-order valence-corrected chi connectivity index (χ4v) is 3.30. The fourth-order valence-electron chi connectivity index (χ4n) is 3.30. The van der Waals surface area contributed by atoms with Gasteiger partial charge in [0.2, 0.25) is 5.91 Å². The zero-order valence-corrected chi connectivity index (χ0v) is 13.4. The van der Waals surface area contributed by atoms with Crippen molar-refractivity contribution in [1.29, 1.82) is 0 Å². The molecular weight excluding hydrogens is 294 g/mol. The van der Waals surface area contributed by atoms with Gasteiger partial charge in [0.05, 0.1) is 4.92 Å². The molecule has 0 radical (unpaired) electrons. The summed E-state index contributed by atoms with van der Waals surface area (Å²) in [6, 6.07) is 7.32. The van der Waals surface area contributed by atoms with Crippen molar-refractivity contribution >= 4 is 11.6 Å². The summed E-state index contributed by atoms with van der Waals surface area (Å²) in [5, 5.41) is 14.3. The number of amides is 1. The minimum Gasteiger partial charge on any atom is -0.353 e. The lowest BCUT2D eigenvalue weighted by Crippen LogP contribution is -2.42. The number of carbonyl (C=O) groups excluding carboxylic acids is 1. The number of hydrogen-bond acceptors (Lipinski definition) is 4. The summed E-state index contributed by atoms with van der Waals surface area (Å²) in [5.74, 6) is 0.273. The predicted molar refractivity (Wildman–Crippen MR) is 87.0 cm³/mol. The van der Waals surface area contributed by atoms with Crippen LogP contribution in [-0.2, 0) is 4.79 Å². The fraction of sp³-hybridized carbons (Fsp3) is 0.588. The molecule has 1 aliphatic carbocycles. The maximum absolute atomic E-state index is 12.1. The minimum absolute atomic E-state index is 0.0101. The highest BCUT2D eigenvalue weighted by Crippen LogP contribution is 2.32. The van der Waals surface area contributed by atoms with E-state index in [-0.39, 0.29) is 28.5 Å². The summed E-state index contributed by atoms with van der Waals surface area (Å²) < 4.78 is 0. The summed E-state index contributed by atoms with van der Waals surface area (Å²) in [5.41, 5.74) is 0.923. The molecule has 1 aromatic carbocycles. The molecule has 1 aromatic rings. The van der Waals surface area contributed by atoms with E-state index in [2.05, 4.69) is 10.2 Å². The Morgan fingerprint density at radius 2 is 1.91 bits per heavy atom. The van der Waals surface area contributed by atoms with E-state index in [1.165, 1.54) is 0 Å². The first-order valence-corrected chi connectivity index (χ1v) is 8.34. The number of nitrogens with zero attached hydrogens (tertiary/aromatic N) is 2. The van der Waals surface area contributed by atoms with Crippen LogP contribution in [0.3, 0.4) is 0 Å². The van der Waals surface area contributed by atoms with Gasteiger partial charge in [0.1, 0.15) is 0 Å². The summed E-state index contributed by atoms with van der Waals surface area (Å²) in [6.07, 6.45) is 3.87. The van der Waals surface area contributed by atoms with Crippen LogP contribution < -0.4 is 5.32 Å². The Balaban J connectivity index is 1.60. The Labute approximate surface area is 136 Å². The Hall–Kier alpha value is -1.95. The van der Waals surface area contributed by atoms with Gasteiger partial charge in [0.25, 0.3) is 5.69 Å². The van der Waals surface area contributed by atoms with Gasteiger partial charge in [-0.3, -0.25) is 19.8 Å². The largest absolute Gasteiger partial charge is 0.353 e.